The summed E-state index contributed by atoms with van der Waals surface area (Å²) in [5, 5.41) is 2.35. The fraction of sp³-hybridized carbons (Fsp3) is 0.296. The Bertz CT molecular complexity index is 3670. The van der Waals surface area contributed by atoms with Crippen molar-refractivity contribution in [2.45, 2.75) is 136 Å². The minimum atomic E-state index is -0.370. The average Bonchev–Trinajstić information content (AvgIpc) is 4.03. The van der Waals surface area contributed by atoms with E-state index >= 15 is 0 Å². The molecule has 0 atom stereocenters. The van der Waals surface area contributed by atoms with Crippen molar-refractivity contribution >= 4 is 21.8 Å². The van der Waals surface area contributed by atoms with Crippen molar-refractivity contribution in [1.82, 2.24) is 14.1 Å². The fourth-order valence-electron chi connectivity index (χ4n) is 10.8. The van der Waals surface area contributed by atoms with Crippen LogP contribution in [0.5, 0.6) is 11.5 Å². The van der Waals surface area contributed by atoms with Crippen LogP contribution < -0.4 is 9.30 Å². The number of pyridine rings is 1. The van der Waals surface area contributed by atoms with E-state index in [-0.39, 0.29) is 32.5 Å². The molecule has 0 fully saturated rings. The first kappa shape index (κ1) is 52.0. The maximum Gasteiger partial charge on any atom is 0.269 e. The van der Waals surface area contributed by atoms with Crippen LogP contribution in [0.15, 0.2) is 188 Å². The summed E-state index contributed by atoms with van der Waals surface area (Å²) < 4.78 is 14.0. The van der Waals surface area contributed by atoms with Gasteiger partial charge in [-0.1, -0.05) is 207 Å². The molecule has 5 nitrogen and oxygen atoms in total. The monoisotopic (exact) mass is 1000 g/mol. The Morgan fingerprint density at radius 3 is 1.46 bits per heavy atom. The van der Waals surface area contributed by atoms with Gasteiger partial charge in [0.25, 0.3) is 6.33 Å². The van der Waals surface area contributed by atoms with Gasteiger partial charge in [-0.15, -0.1) is 0 Å². The number of fused-ring (bicyclic) bond motifs is 3. The minimum Gasteiger partial charge on any atom is -0.458 e. The van der Waals surface area contributed by atoms with Gasteiger partial charge >= 0.3 is 0 Å². The van der Waals surface area contributed by atoms with E-state index < -0.39 is 0 Å². The fourth-order valence-corrected chi connectivity index (χ4v) is 10.8. The molecule has 5 heteroatoms. The number of ether oxygens (including phenoxy) is 1. The third-order valence-electron chi connectivity index (χ3n) is 16.1. The lowest BCUT2D eigenvalue weighted by Gasteiger charge is -2.32. The molecule has 10 rings (SSSR count). The molecule has 0 spiro atoms. The lowest BCUT2D eigenvalue weighted by Crippen LogP contribution is -2.39. The van der Waals surface area contributed by atoms with Gasteiger partial charge in [0, 0.05) is 45.5 Å². The van der Waals surface area contributed by atoms with Crippen molar-refractivity contribution in [3.8, 4) is 28.7 Å². The van der Waals surface area contributed by atoms with Crippen LogP contribution in [0.3, 0.4) is 0 Å². The summed E-state index contributed by atoms with van der Waals surface area (Å²) in [7, 11) is 0. The molecule has 7 aromatic carbocycles. The second-order valence-corrected chi connectivity index (χ2v) is 25.8. The maximum absolute atomic E-state index is 7.17. The molecule has 0 bridgehead atoms. The maximum atomic E-state index is 7.17. The smallest absolute Gasteiger partial charge is 0.269 e. The van der Waals surface area contributed by atoms with Crippen LogP contribution in [0.2, 0.25) is 0 Å². The van der Waals surface area contributed by atoms with E-state index in [4.69, 9.17) is 9.72 Å². The highest BCUT2D eigenvalue weighted by molar-refractivity contribution is 6.09. The van der Waals surface area contributed by atoms with Crippen LogP contribution in [0.1, 0.15) is 154 Å². The molecule has 0 unspecified atom stereocenters. The van der Waals surface area contributed by atoms with E-state index in [1.54, 1.807) is 0 Å². The first-order valence-corrected chi connectivity index (χ1v) is 27.1. The number of rotatable bonds is 11. The zero-order valence-corrected chi connectivity index (χ0v) is 47.6. The van der Waals surface area contributed by atoms with E-state index in [0.29, 0.717) is 0 Å². The van der Waals surface area contributed by atoms with Crippen molar-refractivity contribution in [2.24, 2.45) is 0 Å². The van der Waals surface area contributed by atoms with Gasteiger partial charge in [-0.3, -0.25) is 13.7 Å². The van der Waals surface area contributed by atoms with E-state index in [1.165, 1.54) is 44.3 Å². The molecule has 3 heterocycles. The van der Waals surface area contributed by atoms with E-state index in [2.05, 4.69) is 306 Å². The van der Waals surface area contributed by atoms with Gasteiger partial charge in [-0.2, -0.15) is 0 Å². The molecule has 386 valence electrons. The second kappa shape index (κ2) is 19.0. The van der Waals surface area contributed by atoms with Crippen LogP contribution >= 0.6 is 0 Å². The Morgan fingerprint density at radius 1 is 0.408 bits per heavy atom. The molecule has 0 aliphatic heterocycles. The van der Waals surface area contributed by atoms with Crippen LogP contribution in [-0.2, 0) is 32.5 Å². The first-order chi connectivity index (χ1) is 35.8. The molecule has 0 aliphatic rings. The number of benzene rings is 7. The molecule has 0 radical (unpaired) electrons. The molecular formula is C71H76N4O. The van der Waals surface area contributed by atoms with Crippen molar-refractivity contribution < 1.29 is 9.30 Å². The predicted molar refractivity (Wildman–Crippen MR) is 317 cm³/mol. The lowest BCUT2D eigenvalue weighted by molar-refractivity contribution is -0.611. The van der Waals surface area contributed by atoms with Crippen LogP contribution in [0.4, 0.5) is 0 Å². The van der Waals surface area contributed by atoms with Gasteiger partial charge < -0.3 is 4.74 Å². The molecule has 76 heavy (non-hydrogen) atoms. The molecule has 0 N–H and O–H groups in total. The number of aromatic nitrogens is 4. The summed E-state index contributed by atoms with van der Waals surface area (Å²) in [5.74, 6) is 2.37. The Balaban J connectivity index is 1.16. The minimum absolute atomic E-state index is 0.0120. The second-order valence-electron chi connectivity index (χ2n) is 25.8. The lowest BCUT2D eigenvalue weighted by atomic mass is 9.73. The highest BCUT2D eigenvalue weighted by atomic mass is 16.5. The topological polar surface area (TPSA) is 35.9 Å². The first-order valence-electron chi connectivity index (χ1n) is 27.1. The quantitative estimate of drug-likeness (QED) is 0.0956. The summed E-state index contributed by atoms with van der Waals surface area (Å²) in [4.78, 5) is 5.02. The zero-order valence-electron chi connectivity index (χ0n) is 47.6. The number of nitrogens with zero attached hydrogens (tertiary/aromatic N) is 4. The third-order valence-corrected chi connectivity index (χ3v) is 16.1. The van der Waals surface area contributed by atoms with Crippen molar-refractivity contribution in [3.05, 3.63) is 245 Å². The van der Waals surface area contributed by atoms with E-state index in [1.807, 2.05) is 6.20 Å². The number of imidazole rings is 1. The zero-order chi connectivity index (χ0) is 54.2. The Labute approximate surface area is 452 Å². The SMILES string of the molecule is CC(C)(C)c1ccnc(-n2c3ccc(C(C)(C)C)cc3c3ccc(Oc4cc(-n5[c-][n+](-c6cc(C(C)(C)c7ccccc7)cc(C(C)(C)c7ccccc7)c6)c(C(C)(C)C)c5)cc(C(C)(C)c5ccccc5)c4)cc32)c1. The number of hydrogen-bond acceptors (Lipinski definition) is 2. The summed E-state index contributed by atoms with van der Waals surface area (Å²) >= 11 is 0. The van der Waals surface area contributed by atoms with Gasteiger partial charge in [-0.05, 0) is 127 Å². The Kier molecular flexibility index (Phi) is 13.0. The summed E-state index contributed by atoms with van der Waals surface area (Å²) in [5.41, 5.74) is 14.0. The normalized spacial score (nSPS) is 12.9. The van der Waals surface area contributed by atoms with Gasteiger partial charge in [-0.25, -0.2) is 4.98 Å². The molecule has 0 saturated heterocycles. The summed E-state index contributed by atoms with van der Waals surface area (Å²) in [6.45, 7) is 34.4. The van der Waals surface area contributed by atoms with E-state index in [0.717, 1.165) is 56.4 Å². The van der Waals surface area contributed by atoms with Crippen molar-refractivity contribution in [2.75, 3.05) is 0 Å². The summed E-state index contributed by atoms with van der Waals surface area (Å²) in [6.07, 6.45) is 8.14. The van der Waals surface area contributed by atoms with Crippen LogP contribution in [-0.4, -0.2) is 14.1 Å². The largest absolute Gasteiger partial charge is 0.458 e. The highest BCUT2D eigenvalue weighted by Gasteiger charge is 2.32. The molecule has 0 amide bonds. The predicted octanol–water partition coefficient (Wildman–Crippen LogP) is 17.7. The molecule has 0 aliphatic carbocycles. The van der Waals surface area contributed by atoms with Crippen molar-refractivity contribution in [1.29, 1.82) is 0 Å². The van der Waals surface area contributed by atoms with Gasteiger partial charge in [0.15, 0.2) is 0 Å². The van der Waals surface area contributed by atoms with Crippen LogP contribution in [0, 0.1) is 6.33 Å². The third kappa shape index (κ3) is 9.81. The van der Waals surface area contributed by atoms with Crippen molar-refractivity contribution in [3.63, 3.8) is 0 Å². The standard InChI is InChI=1S/C71H76N4O/c1-66(2,3)51-31-34-62-61(42-51)60-33-32-58(45-63(60)75(62)65-43-52(35-36-72-65)67(4,5)6)76-59-41-55(71(14,15)50-29-23-18-24-30-50)38-56(44-59)73-46-64(68(7,8)9)74(47-73)57-39-53(69(10,11)48-25-19-16-20-26-48)37-54(40-57)70(12,13)49-27-21-17-22-28-49/h16-46H,1-15H3. The molecular weight excluding hydrogens is 925 g/mol. The van der Waals surface area contributed by atoms with Crippen LogP contribution in [0.25, 0.3) is 39.0 Å². The highest BCUT2D eigenvalue weighted by Crippen LogP contribution is 2.42. The summed E-state index contributed by atoms with van der Waals surface area (Å²) in [6, 6.07) is 64.2. The molecule has 0 saturated carbocycles. The van der Waals surface area contributed by atoms with Gasteiger partial charge in [0.1, 0.15) is 17.3 Å². The number of hydrogen-bond donors (Lipinski definition) is 0. The Morgan fingerprint density at radius 2 is 0.934 bits per heavy atom. The van der Waals surface area contributed by atoms with Gasteiger partial charge in [0.05, 0.1) is 28.1 Å². The molecule has 10 aromatic rings. The Hall–Kier alpha value is -7.50. The molecule has 3 aromatic heterocycles. The van der Waals surface area contributed by atoms with Gasteiger partial charge in [0.2, 0.25) is 0 Å². The average molecular weight is 1000 g/mol. The van der Waals surface area contributed by atoms with E-state index in [9.17, 15) is 0 Å².